The zero-order chi connectivity index (χ0) is 17.0. The molecule has 0 saturated carbocycles. The van der Waals surface area contributed by atoms with Crippen LogP contribution in [0.25, 0.3) is 11.2 Å². The molecular formula is C17H27N5O. The van der Waals surface area contributed by atoms with Crippen molar-refractivity contribution in [2.45, 2.75) is 27.3 Å². The Morgan fingerprint density at radius 1 is 1.26 bits per heavy atom. The lowest BCUT2D eigenvalue weighted by Crippen LogP contribution is -2.36. The van der Waals surface area contributed by atoms with E-state index in [1.165, 1.54) is 0 Å². The first-order valence-corrected chi connectivity index (χ1v) is 8.17. The number of nitrogens with zero attached hydrogens (tertiary/aromatic N) is 5. The van der Waals surface area contributed by atoms with Gasteiger partial charge in [-0.25, -0.2) is 9.97 Å². The van der Waals surface area contributed by atoms with Gasteiger partial charge in [0.2, 0.25) is 0 Å². The minimum atomic E-state index is 0.0159. The van der Waals surface area contributed by atoms with Crippen molar-refractivity contribution in [3.8, 4) is 0 Å². The second-order valence-corrected chi connectivity index (χ2v) is 6.55. The summed E-state index contributed by atoms with van der Waals surface area (Å²) in [6.45, 7) is 9.44. The largest absolute Gasteiger partial charge is 0.338 e. The second-order valence-electron chi connectivity index (χ2n) is 6.55. The lowest BCUT2D eigenvalue weighted by Gasteiger charge is -2.22. The second kappa shape index (κ2) is 7.55. The molecular weight excluding hydrogens is 290 g/mol. The van der Waals surface area contributed by atoms with Gasteiger partial charge in [0.1, 0.15) is 5.52 Å². The highest BCUT2D eigenvalue weighted by molar-refractivity contribution is 5.96. The summed E-state index contributed by atoms with van der Waals surface area (Å²) in [5.74, 6) is 0.541. The zero-order valence-electron chi connectivity index (χ0n) is 14.8. The van der Waals surface area contributed by atoms with E-state index in [-0.39, 0.29) is 5.91 Å². The number of carbonyl (C=O) groups is 1. The molecule has 0 aliphatic rings. The highest BCUT2D eigenvalue weighted by Crippen LogP contribution is 2.15. The maximum atomic E-state index is 12.6. The molecule has 0 fully saturated rings. The third-order valence-corrected chi connectivity index (χ3v) is 3.75. The van der Waals surface area contributed by atoms with E-state index in [1.54, 1.807) is 12.5 Å². The molecule has 0 aliphatic carbocycles. The molecule has 2 heterocycles. The van der Waals surface area contributed by atoms with Crippen LogP contribution in [0.1, 0.15) is 31.1 Å². The van der Waals surface area contributed by atoms with E-state index in [2.05, 4.69) is 28.7 Å². The molecule has 23 heavy (non-hydrogen) atoms. The SMILES string of the molecule is CCN(CCN(C)C)C(=O)c1cnc2c(c1)ncn2CC(C)C. The van der Waals surface area contributed by atoms with Crippen molar-refractivity contribution in [3.05, 3.63) is 24.2 Å². The number of rotatable bonds is 7. The van der Waals surface area contributed by atoms with Gasteiger partial charge in [-0.1, -0.05) is 13.8 Å². The van der Waals surface area contributed by atoms with Gasteiger partial charge in [0.25, 0.3) is 5.91 Å². The van der Waals surface area contributed by atoms with Crippen molar-refractivity contribution in [1.29, 1.82) is 0 Å². The molecule has 0 atom stereocenters. The van der Waals surface area contributed by atoms with Crippen LogP contribution in [0, 0.1) is 5.92 Å². The molecule has 2 aromatic heterocycles. The fourth-order valence-electron chi connectivity index (χ4n) is 2.50. The Morgan fingerprint density at radius 3 is 2.61 bits per heavy atom. The van der Waals surface area contributed by atoms with Gasteiger partial charge in [-0.2, -0.15) is 0 Å². The monoisotopic (exact) mass is 317 g/mol. The lowest BCUT2D eigenvalue weighted by molar-refractivity contribution is 0.0754. The zero-order valence-corrected chi connectivity index (χ0v) is 14.8. The van der Waals surface area contributed by atoms with Crippen LogP contribution in [0.2, 0.25) is 0 Å². The topological polar surface area (TPSA) is 54.3 Å². The number of carbonyl (C=O) groups excluding carboxylic acids is 1. The summed E-state index contributed by atoms with van der Waals surface area (Å²) in [5.41, 5.74) is 2.22. The Hall–Kier alpha value is -1.95. The van der Waals surface area contributed by atoms with Crippen molar-refractivity contribution >= 4 is 17.1 Å². The number of pyridine rings is 1. The van der Waals surface area contributed by atoms with Gasteiger partial charge >= 0.3 is 0 Å². The number of hydrogen-bond donors (Lipinski definition) is 0. The first-order valence-electron chi connectivity index (χ1n) is 8.17. The number of amides is 1. The normalized spacial score (nSPS) is 11.6. The van der Waals surface area contributed by atoms with Crippen LogP contribution in [0.15, 0.2) is 18.6 Å². The van der Waals surface area contributed by atoms with Crippen molar-refractivity contribution in [2.75, 3.05) is 33.7 Å². The Kier molecular flexibility index (Phi) is 5.71. The number of hydrogen-bond acceptors (Lipinski definition) is 4. The van der Waals surface area contributed by atoms with E-state index in [4.69, 9.17) is 0 Å². The molecule has 0 radical (unpaired) electrons. The standard InChI is InChI=1S/C17H27N5O/c1-6-21(8-7-20(4)5)17(23)14-9-15-16(18-10-14)22(12-19-15)11-13(2)3/h9-10,12-13H,6-8,11H2,1-5H3. The van der Waals surface area contributed by atoms with Crippen molar-refractivity contribution in [1.82, 2.24) is 24.3 Å². The minimum Gasteiger partial charge on any atom is -0.338 e. The molecule has 6 nitrogen and oxygen atoms in total. The molecule has 0 bridgehead atoms. The van der Waals surface area contributed by atoms with E-state index < -0.39 is 0 Å². The fraction of sp³-hybridized carbons (Fsp3) is 0.588. The number of likely N-dealkylation sites (N-methyl/N-ethyl adjacent to an activating group) is 2. The lowest BCUT2D eigenvalue weighted by atomic mass is 10.2. The van der Waals surface area contributed by atoms with Gasteiger partial charge in [0, 0.05) is 32.4 Å². The first-order chi connectivity index (χ1) is 10.9. The minimum absolute atomic E-state index is 0.0159. The Bertz CT molecular complexity index is 662. The van der Waals surface area contributed by atoms with Gasteiger partial charge in [-0.15, -0.1) is 0 Å². The van der Waals surface area contributed by atoms with Crippen LogP contribution in [-0.4, -0.2) is 64.0 Å². The summed E-state index contributed by atoms with van der Waals surface area (Å²) >= 11 is 0. The molecule has 0 saturated heterocycles. The van der Waals surface area contributed by atoms with Crippen LogP contribution in [0.4, 0.5) is 0 Å². The van der Waals surface area contributed by atoms with Crippen LogP contribution in [-0.2, 0) is 6.54 Å². The Balaban J connectivity index is 2.20. The third kappa shape index (κ3) is 4.28. The van der Waals surface area contributed by atoms with E-state index in [1.807, 2.05) is 36.6 Å². The van der Waals surface area contributed by atoms with Crippen molar-refractivity contribution in [3.63, 3.8) is 0 Å². The van der Waals surface area contributed by atoms with Crippen molar-refractivity contribution in [2.24, 2.45) is 5.92 Å². The van der Waals surface area contributed by atoms with Gasteiger partial charge < -0.3 is 14.4 Å². The van der Waals surface area contributed by atoms with Gasteiger partial charge in [-0.3, -0.25) is 4.79 Å². The average Bonchev–Trinajstić information content (AvgIpc) is 2.89. The molecule has 0 aromatic carbocycles. The summed E-state index contributed by atoms with van der Waals surface area (Å²) in [6.07, 6.45) is 3.47. The van der Waals surface area contributed by atoms with E-state index in [0.717, 1.165) is 24.3 Å². The van der Waals surface area contributed by atoms with Crippen LogP contribution >= 0.6 is 0 Å². The van der Waals surface area contributed by atoms with Crippen LogP contribution in [0.3, 0.4) is 0 Å². The molecule has 2 rings (SSSR count). The number of fused-ring (bicyclic) bond motifs is 1. The van der Waals surface area contributed by atoms with Gasteiger partial charge in [-0.05, 0) is 33.0 Å². The summed E-state index contributed by atoms with van der Waals surface area (Å²) in [7, 11) is 4.01. The maximum Gasteiger partial charge on any atom is 0.255 e. The predicted molar refractivity (Wildman–Crippen MR) is 92.5 cm³/mol. The van der Waals surface area contributed by atoms with Crippen LogP contribution in [0.5, 0.6) is 0 Å². The summed E-state index contributed by atoms with van der Waals surface area (Å²) in [6, 6.07) is 1.85. The number of imidazole rings is 1. The Labute approximate surface area is 138 Å². The van der Waals surface area contributed by atoms with Gasteiger partial charge in [0.15, 0.2) is 5.65 Å². The first kappa shape index (κ1) is 17.4. The summed E-state index contributed by atoms with van der Waals surface area (Å²) < 4.78 is 2.04. The summed E-state index contributed by atoms with van der Waals surface area (Å²) in [5, 5.41) is 0. The molecule has 0 aliphatic heterocycles. The molecule has 2 aromatic rings. The highest BCUT2D eigenvalue weighted by Gasteiger charge is 2.16. The molecule has 0 spiro atoms. The summed E-state index contributed by atoms with van der Waals surface area (Å²) in [4.78, 5) is 25.4. The molecule has 6 heteroatoms. The average molecular weight is 317 g/mol. The van der Waals surface area contributed by atoms with E-state index in [0.29, 0.717) is 24.6 Å². The fourth-order valence-corrected chi connectivity index (χ4v) is 2.50. The third-order valence-electron chi connectivity index (χ3n) is 3.75. The number of aromatic nitrogens is 3. The van der Waals surface area contributed by atoms with E-state index in [9.17, 15) is 4.79 Å². The molecule has 1 amide bonds. The van der Waals surface area contributed by atoms with Crippen LogP contribution < -0.4 is 0 Å². The molecule has 0 unspecified atom stereocenters. The molecule has 0 N–H and O–H groups in total. The van der Waals surface area contributed by atoms with E-state index >= 15 is 0 Å². The Morgan fingerprint density at radius 2 is 2.00 bits per heavy atom. The quantitative estimate of drug-likeness (QED) is 0.785. The van der Waals surface area contributed by atoms with Crippen molar-refractivity contribution < 1.29 is 4.79 Å². The highest BCUT2D eigenvalue weighted by atomic mass is 16.2. The molecule has 126 valence electrons. The maximum absolute atomic E-state index is 12.6. The van der Waals surface area contributed by atoms with Gasteiger partial charge in [0.05, 0.1) is 11.9 Å². The predicted octanol–water partition coefficient (Wildman–Crippen LogP) is 2.11. The smallest absolute Gasteiger partial charge is 0.255 e.